The van der Waals surface area contributed by atoms with Crippen molar-refractivity contribution in [1.29, 1.82) is 0 Å². The van der Waals surface area contributed by atoms with Crippen LogP contribution in [0.15, 0.2) is 28.7 Å². The van der Waals surface area contributed by atoms with Gasteiger partial charge in [-0.25, -0.2) is 0 Å². The van der Waals surface area contributed by atoms with Crippen molar-refractivity contribution < 1.29 is 19.4 Å². The molecular weight excluding hydrogens is 350 g/mol. The van der Waals surface area contributed by atoms with E-state index in [2.05, 4.69) is 21.2 Å². The summed E-state index contributed by atoms with van der Waals surface area (Å²) in [5, 5.41) is 11.9. The lowest BCUT2D eigenvalue weighted by atomic mass is 9.95. The first-order valence-corrected chi connectivity index (χ1v) is 8.18. The molecule has 1 aliphatic heterocycles. The van der Waals surface area contributed by atoms with Gasteiger partial charge in [-0.05, 0) is 36.5 Å². The molecule has 0 saturated carbocycles. The van der Waals surface area contributed by atoms with Gasteiger partial charge in [-0.1, -0.05) is 28.1 Å². The van der Waals surface area contributed by atoms with E-state index >= 15 is 0 Å². The van der Waals surface area contributed by atoms with E-state index in [1.807, 2.05) is 24.3 Å². The molecule has 1 saturated heterocycles. The molecule has 1 aromatic carbocycles. The first-order chi connectivity index (χ1) is 10.5. The molecule has 22 heavy (non-hydrogen) atoms. The van der Waals surface area contributed by atoms with E-state index in [1.54, 1.807) is 0 Å². The minimum atomic E-state index is -0.934. The molecule has 1 atom stereocenters. The summed E-state index contributed by atoms with van der Waals surface area (Å²) < 4.78 is 6.14. The second-order valence-electron chi connectivity index (χ2n) is 5.53. The zero-order valence-corrected chi connectivity index (χ0v) is 13.8. The third-order valence-corrected chi connectivity index (χ3v) is 4.27. The molecule has 0 spiro atoms. The van der Waals surface area contributed by atoms with Gasteiger partial charge in [0.05, 0.1) is 12.5 Å². The summed E-state index contributed by atoms with van der Waals surface area (Å²) in [5.41, 5.74) is 0.789. The Kier molecular flexibility index (Phi) is 6.39. The smallest absolute Gasteiger partial charge is 0.305 e. The molecule has 1 aliphatic rings. The Morgan fingerprint density at radius 2 is 2.09 bits per heavy atom. The van der Waals surface area contributed by atoms with Gasteiger partial charge in [-0.3, -0.25) is 9.59 Å². The highest BCUT2D eigenvalue weighted by atomic mass is 79.9. The fourth-order valence-corrected chi connectivity index (χ4v) is 3.03. The molecule has 120 valence electrons. The van der Waals surface area contributed by atoms with Crippen molar-refractivity contribution in [2.24, 2.45) is 5.92 Å². The first kappa shape index (κ1) is 17.0. The topological polar surface area (TPSA) is 75.6 Å². The number of carboxylic acids is 1. The Morgan fingerprint density at radius 3 is 2.73 bits per heavy atom. The van der Waals surface area contributed by atoms with Crippen molar-refractivity contribution in [3.8, 4) is 0 Å². The summed E-state index contributed by atoms with van der Waals surface area (Å²) in [6, 6.07) is 6.85. The number of amides is 1. The zero-order chi connectivity index (χ0) is 15.9. The van der Waals surface area contributed by atoms with Gasteiger partial charge in [0.1, 0.15) is 0 Å². The van der Waals surface area contributed by atoms with Crippen LogP contribution in [0.4, 0.5) is 0 Å². The highest BCUT2D eigenvalue weighted by Gasteiger charge is 2.22. The normalized spacial score (nSPS) is 17.0. The van der Waals surface area contributed by atoms with Crippen LogP contribution in [-0.2, 0) is 14.3 Å². The Hall–Kier alpha value is -1.40. The van der Waals surface area contributed by atoms with Crippen LogP contribution in [0.5, 0.6) is 0 Å². The maximum atomic E-state index is 12.2. The Bertz CT molecular complexity index is 529. The van der Waals surface area contributed by atoms with Crippen molar-refractivity contribution >= 4 is 27.8 Å². The lowest BCUT2D eigenvalue weighted by Crippen LogP contribution is -2.32. The molecule has 2 N–H and O–H groups in total. The fraction of sp³-hybridized carbons (Fsp3) is 0.500. The number of nitrogens with one attached hydrogen (secondary N) is 1. The molecule has 0 aromatic heterocycles. The van der Waals surface area contributed by atoms with E-state index in [0.717, 1.165) is 22.9 Å². The number of carbonyl (C=O) groups is 2. The summed E-state index contributed by atoms with van der Waals surface area (Å²) in [7, 11) is 0. The predicted octanol–water partition coefficient (Wildman–Crippen LogP) is 2.90. The number of ether oxygens (including phenoxy) is 1. The Morgan fingerprint density at radius 1 is 1.36 bits per heavy atom. The zero-order valence-electron chi connectivity index (χ0n) is 12.3. The number of halogens is 1. The molecule has 1 fully saturated rings. The van der Waals surface area contributed by atoms with Gasteiger partial charge in [-0.2, -0.15) is 0 Å². The van der Waals surface area contributed by atoms with Crippen LogP contribution < -0.4 is 5.32 Å². The van der Waals surface area contributed by atoms with Gasteiger partial charge < -0.3 is 15.2 Å². The van der Waals surface area contributed by atoms with Gasteiger partial charge in [-0.15, -0.1) is 0 Å². The summed E-state index contributed by atoms with van der Waals surface area (Å²) in [4.78, 5) is 23.3. The summed E-state index contributed by atoms with van der Waals surface area (Å²) in [5.74, 6) is -0.712. The number of benzene rings is 1. The molecule has 5 nitrogen and oxygen atoms in total. The molecule has 0 radical (unpaired) electrons. The lowest BCUT2D eigenvalue weighted by Gasteiger charge is -2.23. The average molecular weight is 370 g/mol. The molecule has 6 heteroatoms. The molecule has 2 rings (SSSR count). The third kappa shape index (κ3) is 5.42. The van der Waals surface area contributed by atoms with E-state index in [9.17, 15) is 9.59 Å². The SMILES string of the molecule is O=C(O)CC(NC(=O)CC1CCOCC1)c1cccc(Br)c1. The number of hydrogen-bond donors (Lipinski definition) is 2. The fourth-order valence-electron chi connectivity index (χ4n) is 2.62. The van der Waals surface area contributed by atoms with Gasteiger partial charge in [0.15, 0.2) is 0 Å². The number of carboxylic acid groups (broad SMARTS) is 1. The van der Waals surface area contributed by atoms with Crippen molar-refractivity contribution in [3.05, 3.63) is 34.3 Å². The third-order valence-electron chi connectivity index (χ3n) is 3.78. The van der Waals surface area contributed by atoms with Gasteiger partial charge >= 0.3 is 5.97 Å². The summed E-state index contributed by atoms with van der Waals surface area (Å²) in [6.45, 7) is 1.39. The van der Waals surface area contributed by atoms with Crippen LogP contribution >= 0.6 is 15.9 Å². The van der Waals surface area contributed by atoms with Gasteiger partial charge in [0.25, 0.3) is 0 Å². The van der Waals surface area contributed by atoms with E-state index in [0.29, 0.717) is 25.6 Å². The summed E-state index contributed by atoms with van der Waals surface area (Å²) >= 11 is 3.37. The molecule has 1 aromatic rings. The van der Waals surface area contributed by atoms with Crippen LogP contribution in [-0.4, -0.2) is 30.2 Å². The van der Waals surface area contributed by atoms with Gasteiger partial charge in [0.2, 0.25) is 5.91 Å². The van der Waals surface area contributed by atoms with Crippen LogP contribution in [0, 0.1) is 5.92 Å². The minimum absolute atomic E-state index is 0.0990. The Balaban J connectivity index is 1.99. The molecule has 1 amide bonds. The predicted molar refractivity (Wildman–Crippen MR) is 85.4 cm³/mol. The van der Waals surface area contributed by atoms with Gasteiger partial charge in [0, 0.05) is 24.1 Å². The van der Waals surface area contributed by atoms with Crippen LogP contribution in [0.25, 0.3) is 0 Å². The monoisotopic (exact) mass is 369 g/mol. The van der Waals surface area contributed by atoms with Crippen molar-refractivity contribution in [2.45, 2.75) is 31.7 Å². The standard InChI is InChI=1S/C16H20BrNO4/c17-13-3-1-2-12(9-13)14(10-16(20)21)18-15(19)8-11-4-6-22-7-5-11/h1-3,9,11,14H,4-8,10H2,(H,18,19)(H,20,21). The average Bonchev–Trinajstić information content (AvgIpc) is 2.47. The maximum absolute atomic E-state index is 12.2. The van der Waals surface area contributed by atoms with Crippen molar-refractivity contribution in [1.82, 2.24) is 5.32 Å². The van der Waals surface area contributed by atoms with Crippen LogP contribution in [0.3, 0.4) is 0 Å². The molecule has 0 bridgehead atoms. The lowest BCUT2D eigenvalue weighted by molar-refractivity contribution is -0.137. The minimum Gasteiger partial charge on any atom is -0.481 e. The van der Waals surface area contributed by atoms with Crippen LogP contribution in [0.2, 0.25) is 0 Å². The van der Waals surface area contributed by atoms with E-state index in [4.69, 9.17) is 9.84 Å². The van der Waals surface area contributed by atoms with Crippen LogP contribution in [0.1, 0.15) is 37.3 Å². The van der Waals surface area contributed by atoms with E-state index in [-0.39, 0.29) is 12.3 Å². The molecule has 0 aliphatic carbocycles. The first-order valence-electron chi connectivity index (χ1n) is 7.39. The van der Waals surface area contributed by atoms with E-state index < -0.39 is 12.0 Å². The number of carbonyl (C=O) groups excluding carboxylic acids is 1. The highest BCUT2D eigenvalue weighted by Crippen LogP contribution is 2.23. The van der Waals surface area contributed by atoms with Crippen molar-refractivity contribution in [2.75, 3.05) is 13.2 Å². The van der Waals surface area contributed by atoms with E-state index in [1.165, 1.54) is 0 Å². The maximum Gasteiger partial charge on any atom is 0.305 e. The second-order valence-corrected chi connectivity index (χ2v) is 6.45. The quantitative estimate of drug-likeness (QED) is 0.808. The number of aliphatic carboxylic acids is 1. The molecular formula is C16H20BrNO4. The number of hydrogen-bond acceptors (Lipinski definition) is 3. The Labute approximate surface area is 138 Å². The number of rotatable bonds is 6. The highest BCUT2D eigenvalue weighted by molar-refractivity contribution is 9.10. The second kappa shape index (κ2) is 8.29. The molecule has 1 unspecified atom stereocenters. The summed E-state index contributed by atoms with van der Waals surface area (Å²) in [6.07, 6.45) is 2.06. The van der Waals surface area contributed by atoms with Crippen molar-refractivity contribution in [3.63, 3.8) is 0 Å². The largest absolute Gasteiger partial charge is 0.481 e. The molecule has 1 heterocycles.